The van der Waals surface area contributed by atoms with E-state index in [9.17, 15) is 4.79 Å². The van der Waals surface area contributed by atoms with E-state index >= 15 is 0 Å². The van der Waals surface area contributed by atoms with Crippen molar-refractivity contribution >= 4 is 17.4 Å². The molecule has 0 bridgehead atoms. The Hall–Kier alpha value is -1.92. The van der Waals surface area contributed by atoms with Crippen molar-refractivity contribution in [1.29, 1.82) is 0 Å². The van der Waals surface area contributed by atoms with Gasteiger partial charge < -0.3 is 15.0 Å². The number of urea groups is 1. The molecule has 2 heterocycles. The molecule has 1 unspecified atom stereocenters. The third kappa shape index (κ3) is 5.03. The Morgan fingerprint density at radius 2 is 2.24 bits per heavy atom. The molecule has 2 aromatic rings. The van der Waals surface area contributed by atoms with Crippen molar-refractivity contribution in [3.8, 4) is 10.6 Å². The largest absolute Gasteiger partial charge is 0.376 e. The summed E-state index contributed by atoms with van der Waals surface area (Å²) >= 11 is 1.60. The summed E-state index contributed by atoms with van der Waals surface area (Å²) in [7, 11) is 0. The van der Waals surface area contributed by atoms with E-state index in [2.05, 4.69) is 17.2 Å². The molecule has 1 fully saturated rings. The standard InChI is InChI=1S/C19H25N3O2S/c1-2-11-24-17-9-6-10-22(13-17)19(23)20-12-16-14-25-18(21-16)15-7-4-3-5-8-15/h3-5,7-8,14,17H,2,6,9-13H2,1H3,(H,20,23). The number of ether oxygens (including phenoxy) is 1. The van der Waals surface area contributed by atoms with Crippen molar-refractivity contribution in [2.24, 2.45) is 0 Å². The number of piperidine rings is 1. The van der Waals surface area contributed by atoms with E-state index in [1.807, 2.05) is 40.6 Å². The fourth-order valence-electron chi connectivity index (χ4n) is 2.92. The van der Waals surface area contributed by atoms with Crippen LogP contribution in [0.25, 0.3) is 10.6 Å². The Kier molecular flexibility index (Phi) is 6.42. The first kappa shape index (κ1) is 17.9. The van der Waals surface area contributed by atoms with Crippen molar-refractivity contribution in [2.45, 2.75) is 38.8 Å². The van der Waals surface area contributed by atoms with Gasteiger partial charge in [-0.15, -0.1) is 11.3 Å². The Morgan fingerprint density at radius 3 is 3.04 bits per heavy atom. The number of benzene rings is 1. The molecular formula is C19H25N3O2S. The Labute approximate surface area is 153 Å². The van der Waals surface area contributed by atoms with Crippen LogP contribution in [-0.4, -0.2) is 41.7 Å². The number of hydrogen-bond acceptors (Lipinski definition) is 4. The lowest BCUT2D eigenvalue weighted by atomic mass is 10.1. The van der Waals surface area contributed by atoms with E-state index in [0.717, 1.165) is 48.7 Å². The second-order valence-corrected chi connectivity index (χ2v) is 7.11. The molecule has 0 aliphatic carbocycles. The van der Waals surface area contributed by atoms with Crippen LogP contribution in [0.2, 0.25) is 0 Å². The summed E-state index contributed by atoms with van der Waals surface area (Å²) in [6, 6.07) is 10.1. The first-order chi connectivity index (χ1) is 12.3. The highest BCUT2D eigenvalue weighted by Gasteiger charge is 2.23. The highest BCUT2D eigenvalue weighted by molar-refractivity contribution is 7.13. The zero-order valence-electron chi connectivity index (χ0n) is 14.6. The molecule has 5 nitrogen and oxygen atoms in total. The van der Waals surface area contributed by atoms with Crippen molar-refractivity contribution < 1.29 is 9.53 Å². The van der Waals surface area contributed by atoms with E-state index in [-0.39, 0.29) is 12.1 Å². The summed E-state index contributed by atoms with van der Waals surface area (Å²) in [6.07, 6.45) is 3.21. The lowest BCUT2D eigenvalue weighted by molar-refractivity contribution is 0.0100. The fraction of sp³-hybridized carbons (Fsp3) is 0.474. The number of amides is 2. The Morgan fingerprint density at radius 1 is 1.40 bits per heavy atom. The van der Waals surface area contributed by atoms with Gasteiger partial charge >= 0.3 is 6.03 Å². The summed E-state index contributed by atoms with van der Waals surface area (Å²) in [5, 5.41) is 5.97. The molecule has 3 rings (SSSR count). The molecule has 25 heavy (non-hydrogen) atoms. The molecule has 1 atom stereocenters. The number of nitrogens with zero attached hydrogens (tertiary/aromatic N) is 2. The second-order valence-electron chi connectivity index (χ2n) is 6.25. The van der Waals surface area contributed by atoms with Gasteiger partial charge in [0.05, 0.1) is 18.3 Å². The van der Waals surface area contributed by atoms with Crippen molar-refractivity contribution in [3.63, 3.8) is 0 Å². The van der Waals surface area contributed by atoms with Gasteiger partial charge in [-0.05, 0) is 19.3 Å². The molecular weight excluding hydrogens is 334 g/mol. The van der Waals surface area contributed by atoms with Gasteiger partial charge in [-0.25, -0.2) is 9.78 Å². The van der Waals surface area contributed by atoms with Crippen molar-refractivity contribution in [3.05, 3.63) is 41.4 Å². The fourth-order valence-corrected chi connectivity index (χ4v) is 3.75. The normalized spacial score (nSPS) is 17.5. The third-order valence-corrected chi connectivity index (χ3v) is 5.16. The summed E-state index contributed by atoms with van der Waals surface area (Å²) in [5.41, 5.74) is 2.00. The zero-order chi connectivity index (χ0) is 17.5. The topological polar surface area (TPSA) is 54.5 Å². The van der Waals surface area contributed by atoms with Gasteiger partial charge in [0.15, 0.2) is 0 Å². The molecule has 0 saturated carbocycles. The molecule has 0 spiro atoms. The number of hydrogen-bond donors (Lipinski definition) is 1. The minimum Gasteiger partial charge on any atom is -0.376 e. The molecule has 1 saturated heterocycles. The van der Waals surface area contributed by atoms with Crippen LogP contribution in [0.5, 0.6) is 0 Å². The van der Waals surface area contributed by atoms with E-state index < -0.39 is 0 Å². The number of rotatable bonds is 6. The van der Waals surface area contributed by atoms with Crippen LogP contribution in [0.1, 0.15) is 31.9 Å². The monoisotopic (exact) mass is 359 g/mol. The molecule has 1 aromatic heterocycles. The molecule has 0 radical (unpaired) electrons. The van der Waals surface area contributed by atoms with Gasteiger partial charge in [-0.3, -0.25) is 0 Å². The maximum absolute atomic E-state index is 12.4. The third-order valence-electron chi connectivity index (χ3n) is 4.22. The van der Waals surface area contributed by atoms with Crippen molar-refractivity contribution in [1.82, 2.24) is 15.2 Å². The summed E-state index contributed by atoms with van der Waals surface area (Å²) in [5.74, 6) is 0. The van der Waals surface area contributed by atoms with Crippen LogP contribution < -0.4 is 5.32 Å². The van der Waals surface area contributed by atoms with Gasteiger partial charge in [0, 0.05) is 30.6 Å². The highest BCUT2D eigenvalue weighted by atomic mass is 32.1. The number of likely N-dealkylation sites (tertiary alicyclic amines) is 1. The Bertz CT molecular complexity index is 674. The van der Waals surface area contributed by atoms with Crippen LogP contribution >= 0.6 is 11.3 Å². The van der Waals surface area contributed by atoms with Gasteiger partial charge in [-0.2, -0.15) is 0 Å². The van der Waals surface area contributed by atoms with E-state index in [4.69, 9.17) is 4.74 Å². The minimum atomic E-state index is -0.0286. The number of carbonyl (C=O) groups excluding carboxylic acids is 1. The number of aromatic nitrogens is 1. The molecule has 1 aliphatic rings. The van der Waals surface area contributed by atoms with Crippen LogP contribution in [0.4, 0.5) is 4.79 Å². The molecule has 2 amide bonds. The lowest BCUT2D eigenvalue weighted by Gasteiger charge is -2.32. The number of nitrogens with one attached hydrogen (secondary N) is 1. The Balaban J connectivity index is 1.50. The average molecular weight is 359 g/mol. The van der Waals surface area contributed by atoms with Crippen LogP contribution in [-0.2, 0) is 11.3 Å². The van der Waals surface area contributed by atoms with Crippen molar-refractivity contribution in [2.75, 3.05) is 19.7 Å². The molecule has 1 aliphatic heterocycles. The maximum Gasteiger partial charge on any atom is 0.317 e. The van der Waals surface area contributed by atoms with Gasteiger partial charge in [0.25, 0.3) is 0 Å². The van der Waals surface area contributed by atoms with E-state index in [1.165, 1.54) is 0 Å². The van der Waals surface area contributed by atoms with Crippen LogP contribution in [0.15, 0.2) is 35.7 Å². The first-order valence-electron chi connectivity index (χ1n) is 8.90. The highest BCUT2D eigenvalue weighted by Crippen LogP contribution is 2.23. The summed E-state index contributed by atoms with van der Waals surface area (Å²) in [4.78, 5) is 18.9. The van der Waals surface area contributed by atoms with Gasteiger partial charge in [-0.1, -0.05) is 37.3 Å². The molecule has 6 heteroatoms. The van der Waals surface area contributed by atoms with E-state index in [1.54, 1.807) is 11.3 Å². The second kappa shape index (κ2) is 8.97. The predicted molar refractivity (Wildman–Crippen MR) is 101 cm³/mol. The van der Waals surface area contributed by atoms with Gasteiger partial charge in [0.2, 0.25) is 0 Å². The SMILES string of the molecule is CCCOC1CCCN(C(=O)NCc2csc(-c3ccccc3)n2)C1. The molecule has 134 valence electrons. The zero-order valence-corrected chi connectivity index (χ0v) is 15.4. The van der Waals surface area contributed by atoms with E-state index in [0.29, 0.717) is 13.1 Å². The van der Waals surface area contributed by atoms with Crippen LogP contribution in [0.3, 0.4) is 0 Å². The average Bonchev–Trinajstić information content (AvgIpc) is 3.14. The first-order valence-corrected chi connectivity index (χ1v) is 9.78. The quantitative estimate of drug-likeness (QED) is 0.851. The number of carbonyl (C=O) groups is 1. The molecule has 1 N–H and O–H groups in total. The summed E-state index contributed by atoms with van der Waals surface area (Å²) in [6.45, 7) is 4.80. The summed E-state index contributed by atoms with van der Waals surface area (Å²) < 4.78 is 5.80. The minimum absolute atomic E-state index is 0.0286. The molecule has 1 aromatic carbocycles. The predicted octanol–water partition coefficient (Wildman–Crippen LogP) is 3.91. The smallest absolute Gasteiger partial charge is 0.317 e. The van der Waals surface area contributed by atoms with Gasteiger partial charge in [0.1, 0.15) is 5.01 Å². The lowest BCUT2D eigenvalue weighted by Crippen LogP contribution is -2.47. The maximum atomic E-state index is 12.4. The van der Waals surface area contributed by atoms with Crippen LogP contribution in [0, 0.1) is 0 Å². The number of thiazole rings is 1.